The zero-order valence-electron chi connectivity index (χ0n) is 19.7. The number of benzene rings is 1. The second-order valence-electron chi connectivity index (χ2n) is 8.99. The van der Waals surface area contributed by atoms with Gasteiger partial charge in [0.15, 0.2) is 0 Å². The summed E-state index contributed by atoms with van der Waals surface area (Å²) >= 11 is 0. The van der Waals surface area contributed by atoms with E-state index in [-0.39, 0.29) is 23.3 Å². The van der Waals surface area contributed by atoms with Crippen molar-refractivity contribution in [2.24, 2.45) is 22.6 Å². The fourth-order valence-corrected chi connectivity index (χ4v) is 4.58. The molecule has 0 saturated heterocycles. The van der Waals surface area contributed by atoms with Crippen molar-refractivity contribution in [3.63, 3.8) is 0 Å². The summed E-state index contributed by atoms with van der Waals surface area (Å²) in [5.74, 6) is -0.416. The number of nitrogens with two attached hydrogens (primary N) is 1. The molecule has 1 aromatic carbocycles. The van der Waals surface area contributed by atoms with E-state index in [0.29, 0.717) is 35.4 Å². The molecule has 1 aliphatic carbocycles. The Labute approximate surface area is 208 Å². The number of allylic oxidation sites excluding steroid dienone is 2. The van der Waals surface area contributed by atoms with Gasteiger partial charge in [-0.3, -0.25) is 14.8 Å². The Morgan fingerprint density at radius 2 is 2.00 bits per heavy atom. The third-order valence-corrected chi connectivity index (χ3v) is 6.39. The van der Waals surface area contributed by atoms with Gasteiger partial charge in [0, 0.05) is 65.7 Å². The van der Waals surface area contributed by atoms with Crippen molar-refractivity contribution < 1.29 is 14.7 Å². The molecule has 3 aromatic rings. The number of carboxylic acid groups (broad SMARTS) is 1. The van der Waals surface area contributed by atoms with Crippen LogP contribution in [-0.2, 0) is 6.42 Å². The number of hydrogen-bond acceptors (Lipinski definition) is 6. The van der Waals surface area contributed by atoms with Gasteiger partial charge in [0.25, 0.3) is 5.91 Å². The average Bonchev–Trinajstić information content (AvgIpc) is 2.86. The topological polar surface area (TPSA) is 131 Å². The maximum atomic E-state index is 12.9. The van der Waals surface area contributed by atoms with E-state index in [9.17, 15) is 14.7 Å². The van der Waals surface area contributed by atoms with E-state index < -0.39 is 5.97 Å². The Balaban J connectivity index is 1.30. The summed E-state index contributed by atoms with van der Waals surface area (Å²) in [5.41, 5.74) is 9.93. The van der Waals surface area contributed by atoms with E-state index in [1.165, 1.54) is 0 Å². The molecular weight excluding hydrogens is 454 g/mol. The Bertz CT molecular complexity index is 1500. The number of aromatic nitrogens is 2. The normalized spacial score (nSPS) is 18.4. The maximum Gasteiger partial charge on any atom is 0.336 e. The molecule has 5 rings (SSSR count). The lowest BCUT2D eigenvalue weighted by Crippen LogP contribution is -2.32. The van der Waals surface area contributed by atoms with E-state index in [0.717, 1.165) is 22.2 Å². The van der Waals surface area contributed by atoms with E-state index in [2.05, 4.69) is 26.4 Å². The second kappa shape index (κ2) is 9.58. The number of pyridine rings is 2. The first kappa shape index (κ1) is 23.2. The smallest absolute Gasteiger partial charge is 0.336 e. The molecule has 0 saturated carbocycles. The highest BCUT2D eigenvalue weighted by Crippen LogP contribution is 2.27. The summed E-state index contributed by atoms with van der Waals surface area (Å²) in [5, 5.41) is 14.0. The lowest BCUT2D eigenvalue weighted by Gasteiger charge is -2.25. The molecule has 2 aromatic heterocycles. The average molecular weight is 480 g/mol. The molecule has 0 bridgehead atoms. The van der Waals surface area contributed by atoms with Crippen LogP contribution in [0.5, 0.6) is 0 Å². The quantitative estimate of drug-likeness (QED) is 0.495. The first-order chi connectivity index (χ1) is 17.4. The minimum atomic E-state index is -1.01. The lowest BCUT2D eigenvalue weighted by molar-refractivity contribution is 0.0698. The Morgan fingerprint density at radius 1 is 1.14 bits per heavy atom. The molecule has 180 valence electrons. The number of amides is 1. The van der Waals surface area contributed by atoms with E-state index in [4.69, 9.17) is 5.73 Å². The van der Waals surface area contributed by atoms with Crippen molar-refractivity contribution in [3.05, 3.63) is 107 Å². The number of fused-ring (bicyclic) bond motifs is 2. The molecule has 1 aliphatic heterocycles. The summed E-state index contributed by atoms with van der Waals surface area (Å²) in [4.78, 5) is 37.5. The van der Waals surface area contributed by atoms with Gasteiger partial charge >= 0.3 is 5.97 Å². The van der Waals surface area contributed by atoms with Gasteiger partial charge in [-0.15, -0.1) is 0 Å². The van der Waals surface area contributed by atoms with Crippen LogP contribution in [0, 0.1) is 18.8 Å². The van der Waals surface area contributed by atoms with Gasteiger partial charge in [0.05, 0.1) is 5.56 Å². The van der Waals surface area contributed by atoms with Gasteiger partial charge in [0.1, 0.15) is 5.84 Å². The Hall–Kier alpha value is -4.59. The van der Waals surface area contributed by atoms with Crippen LogP contribution < -0.4 is 11.1 Å². The van der Waals surface area contributed by atoms with Crippen LogP contribution in [-0.4, -0.2) is 39.3 Å². The van der Waals surface area contributed by atoms with Crippen molar-refractivity contribution in [2.45, 2.75) is 13.3 Å². The molecule has 3 heterocycles. The van der Waals surface area contributed by atoms with Crippen LogP contribution in [0.3, 0.4) is 0 Å². The second-order valence-corrected chi connectivity index (χ2v) is 8.99. The third-order valence-electron chi connectivity index (χ3n) is 6.39. The van der Waals surface area contributed by atoms with Crippen LogP contribution in [0.2, 0.25) is 0 Å². The van der Waals surface area contributed by atoms with Crippen molar-refractivity contribution in [3.8, 4) is 0 Å². The first-order valence-electron chi connectivity index (χ1n) is 11.6. The van der Waals surface area contributed by atoms with Gasteiger partial charge in [-0.2, -0.15) is 0 Å². The minimum Gasteiger partial charge on any atom is -0.478 e. The summed E-state index contributed by atoms with van der Waals surface area (Å²) in [6.45, 7) is 2.25. The molecule has 0 fully saturated rings. The molecule has 8 nitrogen and oxygen atoms in total. The van der Waals surface area contributed by atoms with Crippen LogP contribution in [0.25, 0.3) is 10.8 Å². The highest BCUT2D eigenvalue weighted by Gasteiger charge is 2.24. The summed E-state index contributed by atoms with van der Waals surface area (Å²) in [6, 6.07) is 8.85. The van der Waals surface area contributed by atoms with Gasteiger partial charge in [-0.05, 0) is 47.7 Å². The largest absolute Gasteiger partial charge is 0.478 e. The number of carbonyl (C=O) groups excluding carboxylic acids is 1. The van der Waals surface area contributed by atoms with Gasteiger partial charge < -0.3 is 16.2 Å². The van der Waals surface area contributed by atoms with Crippen LogP contribution in [0.15, 0.2) is 83.8 Å². The van der Waals surface area contributed by atoms with Crippen LogP contribution >= 0.6 is 0 Å². The molecule has 0 radical (unpaired) electrons. The number of aliphatic imine (C=N–C) groups is 1. The van der Waals surface area contributed by atoms with E-state index >= 15 is 0 Å². The fourth-order valence-electron chi connectivity index (χ4n) is 4.58. The molecule has 8 heteroatoms. The number of aromatic carboxylic acids is 1. The highest BCUT2D eigenvalue weighted by atomic mass is 16.4. The number of nitrogens with zero attached hydrogens (tertiary/aromatic N) is 3. The molecule has 2 unspecified atom stereocenters. The van der Waals surface area contributed by atoms with Gasteiger partial charge in [-0.25, -0.2) is 9.79 Å². The highest BCUT2D eigenvalue weighted by molar-refractivity contribution is 6.03. The summed E-state index contributed by atoms with van der Waals surface area (Å²) < 4.78 is 0. The minimum absolute atomic E-state index is 0.0640. The summed E-state index contributed by atoms with van der Waals surface area (Å²) in [6.07, 6.45) is 13.4. The van der Waals surface area contributed by atoms with Crippen molar-refractivity contribution >= 4 is 28.5 Å². The molecule has 4 N–H and O–H groups in total. The molecule has 36 heavy (non-hydrogen) atoms. The standard InChI is InChI=1S/C28H25N5O3/c1-16-8-21-10-18(12-24(28(35)36)25(21)15-32-16)11-22-13-20(5-6-30-22)27(34)33-14-17-2-3-23-19(9-17)4-7-31-26(23)29/h2-10,12-13,15,19,23H,11,14H2,1H3,(H2,29,31)(H,33,34)(H,35,36). The van der Waals surface area contributed by atoms with E-state index in [1.54, 1.807) is 36.8 Å². The number of carboxylic acids is 1. The monoisotopic (exact) mass is 479 g/mol. The zero-order chi connectivity index (χ0) is 25.2. The fraction of sp³-hybridized carbons (Fsp3) is 0.179. The van der Waals surface area contributed by atoms with Gasteiger partial charge in [-0.1, -0.05) is 30.4 Å². The van der Waals surface area contributed by atoms with Gasteiger partial charge in [0.2, 0.25) is 0 Å². The number of rotatable bonds is 6. The van der Waals surface area contributed by atoms with Crippen molar-refractivity contribution in [2.75, 3.05) is 6.54 Å². The first-order valence-corrected chi connectivity index (χ1v) is 11.6. The van der Waals surface area contributed by atoms with E-state index in [1.807, 2.05) is 37.3 Å². The number of aryl methyl sites for hydroxylation is 1. The predicted molar refractivity (Wildman–Crippen MR) is 138 cm³/mol. The number of carbonyl (C=O) groups is 2. The SMILES string of the molecule is Cc1cc2cc(Cc3cc(C(=O)NCC4=CC5C=CN=C(N)C5C=C4)ccn3)cc(C(=O)O)c2cn1. The molecule has 2 aliphatic rings. The molecular formula is C28H25N5O3. The van der Waals surface area contributed by atoms with Crippen molar-refractivity contribution in [1.29, 1.82) is 0 Å². The Morgan fingerprint density at radius 3 is 2.83 bits per heavy atom. The Kier molecular flexibility index (Phi) is 6.16. The van der Waals surface area contributed by atoms with Crippen molar-refractivity contribution in [1.82, 2.24) is 15.3 Å². The number of amidine groups is 1. The lowest BCUT2D eigenvalue weighted by atomic mass is 9.84. The van der Waals surface area contributed by atoms with Crippen LogP contribution in [0.1, 0.15) is 37.7 Å². The number of hydrogen-bond donors (Lipinski definition) is 3. The molecule has 0 spiro atoms. The summed E-state index contributed by atoms with van der Waals surface area (Å²) in [7, 11) is 0. The molecule has 2 atom stereocenters. The zero-order valence-corrected chi connectivity index (χ0v) is 19.7. The predicted octanol–water partition coefficient (Wildman–Crippen LogP) is 3.57. The van der Waals surface area contributed by atoms with Crippen LogP contribution in [0.4, 0.5) is 0 Å². The molecule has 1 amide bonds. The number of nitrogens with one attached hydrogen (secondary N) is 1. The third kappa shape index (κ3) is 4.79. The maximum absolute atomic E-state index is 12.9.